The average molecular weight is 463 g/mol. The number of piperazine rings is 1. The van der Waals surface area contributed by atoms with Gasteiger partial charge < -0.3 is 14.5 Å². The minimum Gasteiger partial charge on any atom is -0.497 e. The molecule has 0 saturated carbocycles. The van der Waals surface area contributed by atoms with Gasteiger partial charge in [0, 0.05) is 43.0 Å². The van der Waals surface area contributed by atoms with Crippen molar-refractivity contribution in [2.75, 3.05) is 33.3 Å². The van der Waals surface area contributed by atoms with Crippen LogP contribution in [0.25, 0.3) is 5.69 Å². The van der Waals surface area contributed by atoms with E-state index in [0.717, 1.165) is 42.6 Å². The van der Waals surface area contributed by atoms with Crippen LogP contribution in [0.1, 0.15) is 44.9 Å². The van der Waals surface area contributed by atoms with Crippen LogP contribution >= 0.6 is 0 Å². The first-order valence-electron chi connectivity index (χ1n) is 11.6. The van der Waals surface area contributed by atoms with E-state index >= 15 is 0 Å². The van der Waals surface area contributed by atoms with Crippen LogP contribution in [0.3, 0.4) is 0 Å². The lowest BCUT2D eigenvalue weighted by molar-refractivity contribution is 0.0531. The lowest BCUT2D eigenvalue weighted by Gasteiger charge is -2.34. The summed E-state index contributed by atoms with van der Waals surface area (Å²) in [7, 11) is 1.57. The molecular weight excluding hydrogens is 435 g/mol. The first-order chi connectivity index (χ1) is 16.5. The summed E-state index contributed by atoms with van der Waals surface area (Å²) in [6, 6.07) is 13.3. The SMILES string of the molecule is COc1cccc(C(=O)N2CCN(C(=O)c3nn(-c4ccc(F)cc4)c4c3CCCC4)CC2)c1. The van der Waals surface area contributed by atoms with Gasteiger partial charge in [-0.15, -0.1) is 0 Å². The van der Waals surface area contributed by atoms with E-state index in [2.05, 4.69) is 0 Å². The van der Waals surface area contributed by atoms with Crippen molar-refractivity contribution >= 4 is 11.8 Å². The molecule has 0 atom stereocenters. The number of fused-ring (bicyclic) bond motifs is 1. The van der Waals surface area contributed by atoms with Crippen LogP contribution in [0.15, 0.2) is 48.5 Å². The van der Waals surface area contributed by atoms with Crippen molar-refractivity contribution in [2.24, 2.45) is 0 Å². The summed E-state index contributed by atoms with van der Waals surface area (Å²) in [6.07, 6.45) is 3.71. The van der Waals surface area contributed by atoms with E-state index < -0.39 is 0 Å². The van der Waals surface area contributed by atoms with E-state index in [-0.39, 0.29) is 17.6 Å². The third kappa shape index (κ3) is 4.16. The molecule has 0 radical (unpaired) electrons. The number of carbonyl (C=O) groups is 2. The molecule has 1 aliphatic carbocycles. The lowest BCUT2D eigenvalue weighted by atomic mass is 9.95. The number of rotatable bonds is 4. The van der Waals surface area contributed by atoms with E-state index in [9.17, 15) is 14.0 Å². The molecule has 2 aromatic carbocycles. The highest BCUT2D eigenvalue weighted by atomic mass is 19.1. The van der Waals surface area contributed by atoms with Gasteiger partial charge in [0.05, 0.1) is 12.8 Å². The van der Waals surface area contributed by atoms with Gasteiger partial charge in [-0.3, -0.25) is 9.59 Å². The summed E-state index contributed by atoms with van der Waals surface area (Å²) in [4.78, 5) is 29.9. The van der Waals surface area contributed by atoms with Crippen LogP contribution in [0.5, 0.6) is 5.75 Å². The molecule has 0 unspecified atom stereocenters. The molecule has 2 heterocycles. The minimum absolute atomic E-state index is 0.0658. The molecule has 0 spiro atoms. The zero-order valence-corrected chi connectivity index (χ0v) is 19.2. The average Bonchev–Trinajstić information content (AvgIpc) is 3.28. The highest BCUT2D eigenvalue weighted by Gasteiger charge is 2.31. The maximum absolute atomic E-state index is 13.5. The van der Waals surface area contributed by atoms with E-state index in [1.807, 2.05) is 0 Å². The number of carbonyl (C=O) groups excluding carboxylic acids is 2. The molecular formula is C26H27FN4O3. The standard InChI is InChI=1S/C26H27FN4O3/c1-34-21-6-4-5-18(17-21)25(32)29-13-15-30(16-14-29)26(33)24-22-7-2-3-8-23(22)31(28-24)20-11-9-19(27)10-12-20/h4-6,9-12,17H,2-3,7-8,13-16H2,1H3. The smallest absolute Gasteiger partial charge is 0.274 e. The molecule has 1 aliphatic heterocycles. The predicted molar refractivity (Wildman–Crippen MR) is 125 cm³/mol. The minimum atomic E-state index is -0.303. The molecule has 8 heteroatoms. The number of aromatic nitrogens is 2. The Labute approximate surface area is 197 Å². The van der Waals surface area contributed by atoms with E-state index in [0.29, 0.717) is 43.2 Å². The van der Waals surface area contributed by atoms with Gasteiger partial charge >= 0.3 is 0 Å². The maximum Gasteiger partial charge on any atom is 0.274 e. The predicted octanol–water partition coefficient (Wildman–Crippen LogP) is 3.50. The number of amides is 2. The number of hydrogen-bond donors (Lipinski definition) is 0. The van der Waals surface area contributed by atoms with Crippen molar-refractivity contribution in [3.63, 3.8) is 0 Å². The Kier molecular flexibility index (Phi) is 6.04. The lowest BCUT2D eigenvalue weighted by Crippen LogP contribution is -2.50. The molecule has 1 saturated heterocycles. The number of nitrogens with zero attached hydrogens (tertiary/aromatic N) is 4. The van der Waals surface area contributed by atoms with E-state index in [1.54, 1.807) is 58.0 Å². The van der Waals surface area contributed by atoms with Crippen LogP contribution in [-0.4, -0.2) is 64.7 Å². The van der Waals surface area contributed by atoms with Gasteiger partial charge in [-0.1, -0.05) is 6.07 Å². The van der Waals surface area contributed by atoms with Crippen LogP contribution in [0.4, 0.5) is 4.39 Å². The topological polar surface area (TPSA) is 67.7 Å². The van der Waals surface area contributed by atoms with E-state index in [4.69, 9.17) is 9.84 Å². The van der Waals surface area contributed by atoms with Crippen LogP contribution < -0.4 is 4.74 Å². The van der Waals surface area contributed by atoms with Gasteiger partial charge in [0.2, 0.25) is 0 Å². The van der Waals surface area contributed by atoms with Crippen molar-refractivity contribution in [1.82, 2.24) is 19.6 Å². The molecule has 0 bridgehead atoms. The molecule has 5 rings (SSSR count). The number of benzene rings is 2. The summed E-state index contributed by atoms with van der Waals surface area (Å²) < 4.78 is 20.4. The Morgan fingerprint density at radius 3 is 2.29 bits per heavy atom. The number of methoxy groups -OCH3 is 1. The van der Waals surface area contributed by atoms with Crippen LogP contribution in [-0.2, 0) is 12.8 Å². The van der Waals surface area contributed by atoms with Crippen molar-refractivity contribution < 1.29 is 18.7 Å². The zero-order chi connectivity index (χ0) is 23.7. The van der Waals surface area contributed by atoms with Crippen molar-refractivity contribution in [3.05, 3.63) is 76.9 Å². The fraction of sp³-hybridized carbons (Fsp3) is 0.346. The second kappa shape index (κ2) is 9.29. The largest absolute Gasteiger partial charge is 0.497 e. The third-order valence-corrected chi connectivity index (χ3v) is 6.62. The van der Waals surface area contributed by atoms with Crippen molar-refractivity contribution in [3.8, 4) is 11.4 Å². The van der Waals surface area contributed by atoms with Gasteiger partial charge in [0.25, 0.3) is 11.8 Å². The first kappa shape index (κ1) is 22.1. The number of ether oxygens (including phenoxy) is 1. The zero-order valence-electron chi connectivity index (χ0n) is 19.2. The molecule has 0 N–H and O–H groups in total. The second-order valence-electron chi connectivity index (χ2n) is 8.69. The van der Waals surface area contributed by atoms with Crippen molar-refractivity contribution in [1.29, 1.82) is 0 Å². The molecule has 3 aromatic rings. The van der Waals surface area contributed by atoms with E-state index in [1.165, 1.54) is 12.1 Å². The Morgan fingerprint density at radius 2 is 1.59 bits per heavy atom. The van der Waals surface area contributed by atoms with Gasteiger partial charge in [0.15, 0.2) is 5.69 Å². The summed E-state index contributed by atoms with van der Waals surface area (Å²) >= 11 is 0. The number of halogens is 1. The Morgan fingerprint density at radius 1 is 0.912 bits per heavy atom. The molecule has 1 fully saturated rings. The monoisotopic (exact) mass is 462 g/mol. The molecule has 7 nitrogen and oxygen atoms in total. The first-order valence-corrected chi connectivity index (χ1v) is 11.6. The quantitative estimate of drug-likeness (QED) is 0.595. The van der Waals surface area contributed by atoms with Crippen LogP contribution in [0.2, 0.25) is 0 Å². The molecule has 176 valence electrons. The van der Waals surface area contributed by atoms with Gasteiger partial charge in [0.1, 0.15) is 11.6 Å². The summed E-state index contributed by atoms with van der Waals surface area (Å²) in [6.45, 7) is 1.82. The fourth-order valence-electron chi connectivity index (χ4n) is 4.77. The molecule has 2 aliphatic rings. The van der Waals surface area contributed by atoms with Crippen LogP contribution in [0, 0.1) is 5.82 Å². The Hall–Kier alpha value is -3.68. The number of hydrogen-bond acceptors (Lipinski definition) is 4. The van der Waals surface area contributed by atoms with Gasteiger partial charge in [-0.2, -0.15) is 5.10 Å². The summed E-state index contributed by atoms with van der Waals surface area (Å²) in [5, 5.41) is 4.70. The van der Waals surface area contributed by atoms with Crippen molar-refractivity contribution in [2.45, 2.75) is 25.7 Å². The van der Waals surface area contributed by atoms with Gasteiger partial charge in [-0.05, 0) is 68.1 Å². The normalized spacial score (nSPS) is 15.7. The summed E-state index contributed by atoms with van der Waals surface area (Å²) in [5.41, 5.74) is 3.84. The molecule has 2 amide bonds. The summed E-state index contributed by atoms with van der Waals surface area (Å²) in [5.74, 6) is 0.167. The highest BCUT2D eigenvalue weighted by Crippen LogP contribution is 2.28. The fourth-order valence-corrected chi connectivity index (χ4v) is 4.77. The van der Waals surface area contributed by atoms with Gasteiger partial charge in [-0.25, -0.2) is 9.07 Å². The maximum atomic E-state index is 13.5. The molecule has 1 aromatic heterocycles. The molecule has 34 heavy (non-hydrogen) atoms. The third-order valence-electron chi connectivity index (χ3n) is 6.62. The highest BCUT2D eigenvalue weighted by molar-refractivity contribution is 5.96. The Bertz CT molecular complexity index is 1210. The second-order valence-corrected chi connectivity index (χ2v) is 8.69. The Balaban J connectivity index is 1.33.